The highest BCUT2D eigenvalue weighted by molar-refractivity contribution is 6.55. The molecule has 31 heavy (non-hydrogen) atoms. The van der Waals surface area contributed by atoms with Gasteiger partial charge in [-0.15, -0.1) is 0 Å². The molecular formula is C22H32Cl4O5. The van der Waals surface area contributed by atoms with Crippen LogP contribution in [0.25, 0.3) is 0 Å². The van der Waals surface area contributed by atoms with E-state index >= 15 is 0 Å². The zero-order chi connectivity index (χ0) is 23.2. The standard InChI is InChI=1S/C22H32Cl4O5/c1-15(2)30-21(31-16(3)4)14-27-9-6-5-7-10-29-22-18(23)12-17(13-19(22)24)28-11-8-20(25)26/h8,12-13,15-16,21H,5-7,9-11,14H2,1-4H3. The molecule has 0 heterocycles. The summed E-state index contributed by atoms with van der Waals surface area (Å²) in [7, 11) is 0. The van der Waals surface area contributed by atoms with Crippen molar-refractivity contribution in [2.45, 2.75) is 65.5 Å². The van der Waals surface area contributed by atoms with Crippen molar-refractivity contribution >= 4 is 46.4 Å². The Balaban J connectivity index is 2.27. The van der Waals surface area contributed by atoms with Gasteiger partial charge in [-0.3, -0.25) is 0 Å². The predicted molar refractivity (Wildman–Crippen MR) is 128 cm³/mol. The van der Waals surface area contributed by atoms with Crippen LogP contribution in [-0.4, -0.2) is 44.9 Å². The Kier molecular flexibility index (Phi) is 15.0. The molecule has 0 saturated carbocycles. The summed E-state index contributed by atoms with van der Waals surface area (Å²) in [5.74, 6) is 0.948. The van der Waals surface area contributed by atoms with Gasteiger partial charge in [-0.25, -0.2) is 0 Å². The highest BCUT2D eigenvalue weighted by atomic mass is 35.5. The van der Waals surface area contributed by atoms with Gasteiger partial charge in [0.05, 0.1) is 35.5 Å². The van der Waals surface area contributed by atoms with Crippen LogP contribution in [0.2, 0.25) is 10.0 Å². The number of hydrogen-bond donors (Lipinski definition) is 0. The Morgan fingerprint density at radius 1 is 0.871 bits per heavy atom. The first-order valence-corrected chi connectivity index (χ1v) is 11.8. The van der Waals surface area contributed by atoms with E-state index in [0.717, 1.165) is 19.3 Å². The smallest absolute Gasteiger partial charge is 0.181 e. The number of hydrogen-bond acceptors (Lipinski definition) is 5. The molecular weight excluding hydrogens is 486 g/mol. The van der Waals surface area contributed by atoms with Gasteiger partial charge in [0.1, 0.15) is 16.8 Å². The lowest BCUT2D eigenvalue weighted by molar-refractivity contribution is -0.204. The molecule has 0 aliphatic heterocycles. The van der Waals surface area contributed by atoms with E-state index in [1.165, 1.54) is 6.08 Å². The number of halogens is 4. The van der Waals surface area contributed by atoms with Crippen LogP contribution in [0.1, 0.15) is 47.0 Å². The Labute approximate surface area is 205 Å². The van der Waals surface area contributed by atoms with E-state index < -0.39 is 0 Å². The average Bonchev–Trinajstić information content (AvgIpc) is 2.64. The summed E-state index contributed by atoms with van der Waals surface area (Å²) in [5.41, 5.74) is 0. The second-order valence-electron chi connectivity index (χ2n) is 7.30. The SMILES string of the molecule is CC(C)OC(COCCCCCOc1c(Cl)cc(OCC=C(Cl)Cl)cc1Cl)OC(C)C. The first-order chi connectivity index (χ1) is 14.7. The second kappa shape index (κ2) is 16.2. The van der Waals surface area contributed by atoms with Crippen molar-refractivity contribution in [2.75, 3.05) is 26.4 Å². The number of ether oxygens (including phenoxy) is 5. The summed E-state index contributed by atoms with van der Waals surface area (Å²) in [6.45, 7) is 9.67. The molecule has 5 nitrogen and oxygen atoms in total. The van der Waals surface area contributed by atoms with Gasteiger partial charge < -0.3 is 23.7 Å². The summed E-state index contributed by atoms with van der Waals surface area (Å²) < 4.78 is 28.4. The summed E-state index contributed by atoms with van der Waals surface area (Å²) in [6, 6.07) is 3.28. The Bertz CT molecular complexity index is 630. The van der Waals surface area contributed by atoms with Crippen molar-refractivity contribution in [1.82, 2.24) is 0 Å². The Hall–Kier alpha value is -0.400. The monoisotopic (exact) mass is 516 g/mol. The van der Waals surface area contributed by atoms with E-state index in [2.05, 4.69) is 0 Å². The van der Waals surface area contributed by atoms with Gasteiger partial charge in [-0.2, -0.15) is 0 Å². The lowest BCUT2D eigenvalue weighted by Gasteiger charge is -2.22. The van der Waals surface area contributed by atoms with E-state index in [1.54, 1.807) is 12.1 Å². The van der Waals surface area contributed by atoms with Crippen LogP contribution < -0.4 is 9.47 Å². The number of benzene rings is 1. The molecule has 178 valence electrons. The van der Waals surface area contributed by atoms with Crippen molar-refractivity contribution in [1.29, 1.82) is 0 Å². The fraction of sp³-hybridized carbons (Fsp3) is 0.636. The predicted octanol–water partition coefficient (Wildman–Crippen LogP) is 7.43. The minimum Gasteiger partial charge on any atom is -0.490 e. The molecule has 0 amide bonds. The zero-order valence-corrected chi connectivity index (χ0v) is 21.5. The molecule has 0 unspecified atom stereocenters. The van der Waals surface area contributed by atoms with E-state index in [1.807, 2.05) is 27.7 Å². The van der Waals surface area contributed by atoms with Crippen LogP contribution >= 0.6 is 46.4 Å². The van der Waals surface area contributed by atoms with Gasteiger partial charge in [0.2, 0.25) is 0 Å². The molecule has 0 aliphatic rings. The van der Waals surface area contributed by atoms with Gasteiger partial charge in [0.25, 0.3) is 0 Å². The first-order valence-electron chi connectivity index (χ1n) is 10.3. The third kappa shape index (κ3) is 13.7. The minimum absolute atomic E-state index is 0.0877. The molecule has 9 heteroatoms. The van der Waals surface area contributed by atoms with E-state index in [0.29, 0.717) is 41.4 Å². The maximum absolute atomic E-state index is 6.26. The highest BCUT2D eigenvalue weighted by Crippen LogP contribution is 2.37. The molecule has 1 rings (SSSR count). The Morgan fingerprint density at radius 3 is 2.00 bits per heavy atom. The van der Waals surface area contributed by atoms with Crippen LogP contribution in [-0.2, 0) is 14.2 Å². The second-order valence-corrected chi connectivity index (χ2v) is 9.13. The van der Waals surface area contributed by atoms with Crippen LogP contribution in [0.5, 0.6) is 11.5 Å². The van der Waals surface area contributed by atoms with Gasteiger partial charge in [0.15, 0.2) is 12.0 Å². The molecule has 0 aliphatic carbocycles. The van der Waals surface area contributed by atoms with Crippen LogP contribution in [0, 0.1) is 0 Å². The summed E-state index contributed by atoms with van der Waals surface area (Å²) >= 11 is 23.6. The van der Waals surface area contributed by atoms with Crippen molar-refractivity contribution < 1.29 is 23.7 Å². The molecule has 1 aromatic carbocycles. The lowest BCUT2D eigenvalue weighted by atomic mass is 10.2. The van der Waals surface area contributed by atoms with Gasteiger partial charge in [-0.05, 0) is 53.0 Å². The van der Waals surface area contributed by atoms with Crippen LogP contribution in [0.3, 0.4) is 0 Å². The van der Waals surface area contributed by atoms with Crippen LogP contribution in [0.15, 0.2) is 22.7 Å². The quantitative estimate of drug-likeness (QED) is 0.168. The van der Waals surface area contributed by atoms with Crippen molar-refractivity contribution in [2.24, 2.45) is 0 Å². The van der Waals surface area contributed by atoms with Crippen molar-refractivity contribution in [3.63, 3.8) is 0 Å². The number of unbranched alkanes of at least 4 members (excludes halogenated alkanes) is 2. The summed E-state index contributed by atoms with van der Waals surface area (Å²) in [4.78, 5) is 0. The van der Waals surface area contributed by atoms with E-state index in [4.69, 9.17) is 70.1 Å². The largest absolute Gasteiger partial charge is 0.490 e. The summed E-state index contributed by atoms with van der Waals surface area (Å²) in [5, 5.41) is 0.765. The van der Waals surface area contributed by atoms with E-state index in [-0.39, 0.29) is 29.6 Å². The zero-order valence-electron chi connectivity index (χ0n) is 18.5. The third-order valence-corrected chi connectivity index (χ3v) is 4.61. The molecule has 0 radical (unpaired) electrons. The molecule has 0 spiro atoms. The molecule has 0 N–H and O–H groups in total. The van der Waals surface area contributed by atoms with Gasteiger partial charge in [0, 0.05) is 18.7 Å². The first kappa shape index (κ1) is 28.6. The topological polar surface area (TPSA) is 46.2 Å². The average molecular weight is 518 g/mol. The fourth-order valence-electron chi connectivity index (χ4n) is 2.51. The fourth-order valence-corrected chi connectivity index (χ4v) is 3.22. The maximum atomic E-state index is 6.26. The summed E-state index contributed by atoms with van der Waals surface area (Å²) in [6.07, 6.45) is 4.06. The molecule has 0 atom stereocenters. The van der Waals surface area contributed by atoms with Crippen molar-refractivity contribution in [3.8, 4) is 11.5 Å². The van der Waals surface area contributed by atoms with Crippen molar-refractivity contribution in [3.05, 3.63) is 32.7 Å². The van der Waals surface area contributed by atoms with Crippen LogP contribution in [0.4, 0.5) is 0 Å². The number of rotatable bonds is 16. The normalized spacial score (nSPS) is 11.5. The van der Waals surface area contributed by atoms with Gasteiger partial charge in [-0.1, -0.05) is 46.4 Å². The molecule has 0 bridgehead atoms. The van der Waals surface area contributed by atoms with E-state index in [9.17, 15) is 0 Å². The maximum Gasteiger partial charge on any atom is 0.181 e. The molecule has 0 fully saturated rings. The molecule has 0 aromatic heterocycles. The molecule has 0 saturated heterocycles. The third-order valence-electron chi connectivity index (χ3n) is 3.74. The lowest BCUT2D eigenvalue weighted by Crippen LogP contribution is -2.29. The molecule has 1 aromatic rings. The highest BCUT2D eigenvalue weighted by Gasteiger charge is 2.14. The van der Waals surface area contributed by atoms with Gasteiger partial charge >= 0.3 is 0 Å². The minimum atomic E-state index is -0.345. The Morgan fingerprint density at radius 2 is 1.45 bits per heavy atom.